The second-order valence-corrected chi connectivity index (χ2v) is 3.64. The molecule has 0 amide bonds. The highest BCUT2D eigenvalue weighted by Gasteiger charge is 2.01. The Kier molecular flexibility index (Phi) is 3.92. The van der Waals surface area contributed by atoms with Crippen LogP contribution in [-0.4, -0.2) is 20.7 Å². The molecule has 0 saturated carbocycles. The second-order valence-electron chi connectivity index (χ2n) is 3.64. The Morgan fingerprint density at radius 3 is 2.64 bits per heavy atom. The number of nitrogens with two attached hydrogens (primary N) is 1. The molecule has 78 valence electrons. The van der Waals surface area contributed by atoms with Crippen LogP contribution in [0.2, 0.25) is 0 Å². The summed E-state index contributed by atoms with van der Waals surface area (Å²) in [6.07, 6.45) is 0.859. The van der Waals surface area contributed by atoms with Crippen molar-refractivity contribution in [1.29, 1.82) is 0 Å². The highest BCUT2D eigenvalue weighted by molar-refractivity contribution is 5.53. The summed E-state index contributed by atoms with van der Waals surface area (Å²) in [6.45, 7) is 2.68. The van der Waals surface area contributed by atoms with Crippen molar-refractivity contribution in [3.63, 3.8) is 0 Å². The van der Waals surface area contributed by atoms with Crippen LogP contribution in [0, 0.1) is 6.92 Å². The summed E-state index contributed by atoms with van der Waals surface area (Å²) in [7, 11) is 4.09. The summed E-state index contributed by atoms with van der Waals surface area (Å²) < 4.78 is 0. The fraction of sp³-hybridized carbons (Fsp3) is 0.455. The Hall–Kier alpha value is -1.06. The van der Waals surface area contributed by atoms with Gasteiger partial charge in [0.2, 0.25) is 0 Å². The molecule has 1 aromatic carbocycles. The van der Waals surface area contributed by atoms with Crippen LogP contribution < -0.4 is 10.8 Å². The molecule has 0 heterocycles. The first-order valence-corrected chi connectivity index (χ1v) is 4.73. The molecule has 0 spiro atoms. The van der Waals surface area contributed by atoms with Gasteiger partial charge in [-0.25, -0.2) is 5.90 Å². The van der Waals surface area contributed by atoms with Gasteiger partial charge in [0.05, 0.1) is 6.61 Å². The van der Waals surface area contributed by atoms with Crippen LogP contribution in [0.1, 0.15) is 11.1 Å². The Morgan fingerprint density at radius 1 is 1.36 bits per heavy atom. The molecule has 3 heteroatoms. The number of benzene rings is 1. The first-order chi connectivity index (χ1) is 6.65. The minimum Gasteiger partial charge on any atom is -0.377 e. The van der Waals surface area contributed by atoms with Gasteiger partial charge in [-0.15, -0.1) is 0 Å². The van der Waals surface area contributed by atoms with Crippen molar-refractivity contribution in [2.24, 2.45) is 5.90 Å². The minimum atomic E-state index is 0.565. The first kappa shape index (κ1) is 11.0. The predicted molar refractivity (Wildman–Crippen MR) is 59.3 cm³/mol. The smallest absolute Gasteiger partial charge is 0.0719 e. The standard InChI is InChI=1S/C11H18N2O/c1-9-4-5-10(6-7-14-12)8-11(9)13(2)3/h4-5,8H,6-7,12H2,1-3H3. The lowest BCUT2D eigenvalue weighted by molar-refractivity contribution is 0.141. The summed E-state index contributed by atoms with van der Waals surface area (Å²) in [6, 6.07) is 6.41. The molecule has 3 nitrogen and oxygen atoms in total. The van der Waals surface area contributed by atoms with Gasteiger partial charge in [0, 0.05) is 19.8 Å². The van der Waals surface area contributed by atoms with Gasteiger partial charge in [0.1, 0.15) is 0 Å². The Morgan fingerprint density at radius 2 is 2.07 bits per heavy atom. The molecule has 0 radical (unpaired) electrons. The molecule has 0 aromatic heterocycles. The van der Waals surface area contributed by atoms with Crippen molar-refractivity contribution in [2.45, 2.75) is 13.3 Å². The molecule has 0 aliphatic carbocycles. The summed E-state index contributed by atoms with van der Waals surface area (Å²) in [4.78, 5) is 6.68. The zero-order valence-corrected chi connectivity index (χ0v) is 9.08. The van der Waals surface area contributed by atoms with Crippen molar-refractivity contribution >= 4 is 5.69 Å². The number of rotatable bonds is 4. The van der Waals surface area contributed by atoms with Crippen molar-refractivity contribution in [3.8, 4) is 0 Å². The van der Waals surface area contributed by atoms with E-state index >= 15 is 0 Å². The summed E-state index contributed by atoms with van der Waals surface area (Å²) in [5, 5.41) is 0. The first-order valence-electron chi connectivity index (χ1n) is 4.73. The zero-order valence-electron chi connectivity index (χ0n) is 9.08. The molecule has 1 aromatic rings. The lowest BCUT2D eigenvalue weighted by Gasteiger charge is -2.16. The highest BCUT2D eigenvalue weighted by Crippen LogP contribution is 2.19. The maximum absolute atomic E-state index is 4.99. The van der Waals surface area contributed by atoms with E-state index in [-0.39, 0.29) is 0 Å². The average Bonchev–Trinajstić information content (AvgIpc) is 2.16. The molecule has 0 saturated heterocycles. The van der Waals surface area contributed by atoms with E-state index in [4.69, 9.17) is 5.90 Å². The summed E-state index contributed by atoms with van der Waals surface area (Å²) in [5.74, 6) is 4.99. The SMILES string of the molecule is Cc1ccc(CCON)cc1N(C)C. The van der Waals surface area contributed by atoms with Crippen LogP contribution in [0.3, 0.4) is 0 Å². The molecule has 0 fully saturated rings. The average molecular weight is 194 g/mol. The van der Waals surface area contributed by atoms with Gasteiger partial charge >= 0.3 is 0 Å². The molecule has 0 unspecified atom stereocenters. The van der Waals surface area contributed by atoms with Gasteiger partial charge in [-0.05, 0) is 30.5 Å². The Labute approximate surface area is 85.4 Å². The van der Waals surface area contributed by atoms with E-state index in [0.29, 0.717) is 6.61 Å². The Bertz CT molecular complexity index is 297. The van der Waals surface area contributed by atoms with Crippen molar-refractivity contribution < 1.29 is 4.84 Å². The van der Waals surface area contributed by atoms with E-state index in [0.717, 1.165) is 6.42 Å². The molecule has 14 heavy (non-hydrogen) atoms. The van der Waals surface area contributed by atoms with Gasteiger partial charge in [-0.2, -0.15) is 0 Å². The number of hydrogen-bond acceptors (Lipinski definition) is 3. The van der Waals surface area contributed by atoms with E-state index < -0.39 is 0 Å². The van der Waals surface area contributed by atoms with Gasteiger partial charge in [0.25, 0.3) is 0 Å². The van der Waals surface area contributed by atoms with Crippen LogP contribution in [0.25, 0.3) is 0 Å². The minimum absolute atomic E-state index is 0.565. The topological polar surface area (TPSA) is 38.5 Å². The van der Waals surface area contributed by atoms with E-state index in [1.807, 2.05) is 14.1 Å². The van der Waals surface area contributed by atoms with Crippen molar-refractivity contribution in [2.75, 3.05) is 25.6 Å². The number of nitrogens with zero attached hydrogens (tertiary/aromatic N) is 1. The number of anilines is 1. The van der Waals surface area contributed by atoms with Crippen LogP contribution in [0.5, 0.6) is 0 Å². The molecular formula is C11H18N2O. The number of hydrogen-bond donors (Lipinski definition) is 1. The third-order valence-electron chi connectivity index (χ3n) is 2.26. The Balaban J connectivity index is 2.83. The van der Waals surface area contributed by atoms with Gasteiger partial charge in [-0.3, -0.25) is 0 Å². The molecular weight excluding hydrogens is 176 g/mol. The van der Waals surface area contributed by atoms with Crippen molar-refractivity contribution in [1.82, 2.24) is 0 Å². The molecule has 1 rings (SSSR count). The molecule has 2 N–H and O–H groups in total. The third kappa shape index (κ3) is 2.72. The molecule has 0 aliphatic heterocycles. The lowest BCUT2D eigenvalue weighted by Crippen LogP contribution is -2.11. The largest absolute Gasteiger partial charge is 0.377 e. The van der Waals surface area contributed by atoms with Crippen LogP contribution in [0.15, 0.2) is 18.2 Å². The zero-order chi connectivity index (χ0) is 10.6. The van der Waals surface area contributed by atoms with E-state index in [1.54, 1.807) is 0 Å². The maximum atomic E-state index is 4.99. The fourth-order valence-corrected chi connectivity index (χ4v) is 1.47. The van der Waals surface area contributed by atoms with Gasteiger partial charge < -0.3 is 9.74 Å². The lowest BCUT2D eigenvalue weighted by atomic mass is 10.1. The fourth-order valence-electron chi connectivity index (χ4n) is 1.47. The third-order valence-corrected chi connectivity index (χ3v) is 2.26. The maximum Gasteiger partial charge on any atom is 0.0719 e. The normalized spacial score (nSPS) is 10.3. The molecule has 0 bridgehead atoms. The summed E-state index contributed by atoms with van der Waals surface area (Å²) in [5.41, 5.74) is 3.79. The number of aryl methyl sites for hydroxylation is 1. The van der Waals surface area contributed by atoms with E-state index in [2.05, 4.69) is 34.9 Å². The highest BCUT2D eigenvalue weighted by atomic mass is 16.6. The van der Waals surface area contributed by atoms with E-state index in [1.165, 1.54) is 16.8 Å². The van der Waals surface area contributed by atoms with Crippen LogP contribution in [0.4, 0.5) is 5.69 Å². The monoisotopic (exact) mass is 194 g/mol. The van der Waals surface area contributed by atoms with Crippen LogP contribution in [-0.2, 0) is 11.3 Å². The van der Waals surface area contributed by atoms with Gasteiger partial charge in [-0.1, -0.05) is 12.1 Å². The van der Waals surface area contributed by atoms with Gasteiger partial charge in [0.15, 0.2) is 0 Å². The molecule has 0 atom stereocenters. The predicted octanol–water partition coefficient (Wildman–Crippen LogP) is 1.49. The summed E-state index contributed by atoms with van der Waals surface area (Å²) >= 11 is 0. The van der Waals surface area contributed by atoms with E-state index in [9.17, 15) is 0 Å². The second kappa shape index (κ2) is 4.98. The molecule has 0 aliphatic rings. The van der Waals surface area contributed by atoms with Crippen LogP contribution >= 0.6 is 0 Å². The van der Waals surface area contributed by atoms with Crippen molar-refractivity contribution in [3.05, 3.63) is 29.3 Å². The quantitative estimate of drug-likeness (QED) is 0.738.